The largest absolute Gasteiger partial charge is 0.488 e. The minimum absolute atomic E-state index is 0.0807. The van der Waals surface area contributed by atoms with Crippen molar-refractivity contribution >= 4 is 22.4 Å². The number of rotatable bonds is 6. The molecule has 0 spiro atoms. The Labute approximate surface area is 177 Å². The summed E-state index contributed by atoms with van der Waals surface area (Å²) in [6.45, 7) is 2.29. The SMILES string of the molecule is C[C@H]1CC[C@H](Oc2c(N)cc(CCC(=O)O)cc2-c2ccc3ccccc3c2)CC1. The minimum Gasteiger partial charge on any atom is -0.488 e. The van der Waals surface area contributed by atoms with Gasteiger partial charge in [0.15, 0.2) is 0 Å². The number of aryl methyl sites for hydroxylation is 1. The molecule has 0 radical (unpaired) electrons. The quantitative estimate of drug-likeness (QED) is 0.490. The lowest BCUT2D eigenvalue weighted by atomic mass is 9.88. The molecule has 0 saturated heterocycles. The molecule has 1 fully saturated rings. The lowest BCUT2D eigenvalue weighted by Crippen LogP contribution is -2.23. The molecular formula is C26H29NO3. The highest BCUT2D eigenvalue weighted by Gasteiger charge is 2.22. The zero-order valence-electron chi connectivity index (χ0n) is 17.4. The molecule has 4 heteroatoms. The van der Waals surface area contributed by atoms with Crippen LogP contribution in [-0.2, 0) is 11.2 Å². The number of carboxylic acid groups (broad SMARTS) is 1. The number of hydrogen-bond acceptors (Lipinski definition) is 3. The van der Waals surface area contributed by atoms with Crippen LogP contribution < -0.4 is 10.5 Å². The minimum atomic E-state index is -0.808. The van der Waals surface area contributed by atoms with E-state index in [2.05, 4.69) is 37.3 Å². The summed E-state index contributed by atoms with van der Waals surface area (Å²) in [6, 6.07) is 18.5. The number of carboxylic acids is 1. The van der Waals surface area contributed by atoms with Gasteiger partial charge in [0.2, 0.25) is 0 Å². The predicted octanol–water partition coefficient (Wildman–Crippen LogP) is 6.06. The highest BCUT2D eigenvalue weighted by molar-refractivity contribution is 5.89. The Balaban J connectivity index is 1.74. The molecule has 1 aliphatic rings. The molecule has 4 nitrogen and oxygen atoms in total. The lowest BCUT2D eigenvalue weighted by molar-refractivity contribution is -0.136. The van der Waals surface area contributed by atoms with Crippen LogP contribution in [0.3, 0.4) is 0 Å². The van der Waals surface area contributed by atoms with Crippen molar-refractivity contribution in [3.63, 3.8) is 0 Å². The van der Waals surface area contributed by atoms with E-state index in [0.29, 0.717) is 12.1 Å². The first-order chi connectivity index (χ1) is 14.5. The van der Waals surface area contributed by atoms with E-state index in [9.17, 15) is 4.79 Å². The van der Waals surface area contributed by atoms with E-state index >= 15 is 0 Å². The number of anilines is 1. The lowest BCUT2D eigenvalue weighted by Gasteiger charge is -2.28. The number of aliphatic carboxylic acids is 1. The monoisotopic (exact) mass is 403 g/mol. The molecule has 0 bridgehead atoms. The van der Waals surface area contributed by atoms with E-state index in [-0.39, 0.29) is 12.5 Å². The van der Waals surface area contributed by atoms with Crippen molar-refractivity contribution in [3.05, 3.63) is 60.2 Å². The molecule has 1 saturated carbocycles. The second-order valence-corrected chi connectivity index (χ2v) is 8.52. The second-order valence-electron chi connectivity index (χ2n) is 8.52. The average molecular weight is 404 g/mol. The van der Waals surface area contributed by atoms with Crippen LogP contribution in [0.25, 0.3) is 21.9 Å². The topological polar surface area (TPSA) is 72.5 Å². The fraction of sp³-hybridized carbons (Fsp3) is 0.346. The van der Waals surface area contributed by atoms with Gasteiger partial charge < -0.3 is 15.6 Å². The Morgan fingerprint density at radius 1 is 1.03 bits per heavy atom. The highest BCUT2D eigenvalue weighted by atomic mass is 16.5. The predicted molar refractivity (Wildman–Crippen MR) is 122 cm³/mol. The molecule has 3 aromatic rings. The van der Waals surface area contributed by atoms with Crippen molar-refractivity contribution in [1.29, 1.82) is 0 Å². The van der Waals surface area contributed by atoms with Crippen molar-refractivity contribution in [3.8, 4) is 16.9 Å². The summed E-state index contributed by atoms with van der Waals surface area (Å²) in [5.74, 6) is 0.668. The van der Waals surface area contributed by atoms with Gasteiger partial charge in [0.1, 0.15) is 5.75 Å². The van der Waals surface area contributed by atoms with Gasteiger partial charge in [0, 0.05) is 12.0 Å². The van der Waals surface area contributed by atoms with Gasteiger partial charge in [0.25, 0.3) is 0 Å². The number of benzene rings is 3. The summed E-state index contributed by atoms with van der Waals surface area (Å²) in [5.41, 5.74) is 9.94. The maximum absolute atomic E-state index is 11.1. The zero-order valence-corrected chi connectivity index (χ0v) is 17.4. The molecule has 0 aliphatic heterocycles. The van der Waals surface area contributed by atoms with Gasteiger partial charge in [-0.05, 0) is 78.1 Å². The summed E-state index contributed by atoms with van der Waals surface area (Å²) in [4.78, 5) is 11.1. The molecule has 1 aliphatic carbocycles. The molecule has 0 amide bonds. The van der Waals surface area contributed by atoms with Crippen LogP contribution in [0.4, 0.5) is 5.69 Å². The molecule has 4 rings (SSSR count). The fourth-order valence-corrected chi connectivity index (χ4v) is 4.33. The van der Waals surface area contributed by atoms with Crippen LogP contribution >= 0.6 is 0 Å². The van der Waals surface area contributed by atoms with E-state index in [0.717, 1.165) is 46.6 Å². The van der Waals surface area contributed by atoms with E-state index in [1.807, 2.05) is 24.3 Å². The third-order valence-corrected chi connectivity index (χ3v) is 6.11. The van der Waals surface area contributed by atoms with Gasteiger partial charge in [-0.15, -0.1) is 0 Å². The molecule has 3 aromatic carbocycles. The third-order valence-electron chi connectivity index (χ3n) is 6.11. The molecule has 0 unspecified atom stereocenters. The van der Waals surface area contributed by atoms with Crippen LogP contribution in [0.2, 0.25) is 0 Å². The van der Waals surface area contributed by atoms with E-state index in [4.69, 9.17) is 15.6 Å². The number of carbonyl (C=O) groups is 1. The summed E-state index contributed by atoms with van der Waals surface area (Å²) in [6.07, 6.45) is 5.13. The van der Waals surface area contributed by atoms with Crippen LogP contribution in [0.15, 0.2) is 54.6 Å². The number of hydrogen-bond donors (Lipinski definition) is 2. The molecule has 0 aromatic heterocycles. The Kier molecular flexibility index (Phi) is 5.93. The van der Waals surface area contributed by atoms with Gasteiger partial charge in [-0.3, -0.25) is 4.79 Å². The standard InChI is InChI=1S/C26H29NO3/c1-17-6-11-22(12-7-17)30-26-23(14-18(15-24(26)27)8-13-25(28)29)21-10-9-19-4-2-3-5-20(19)16-21/h2-5,9-10,14-17,22H,6-8,11-13,27H2,1H3,(H,28,29)/t17-,22-. The molecular weight excluding hydrogens is 374 g/mol. The molecule has 156 valence electrons. The summed E-state index contributed by atoms with van der Waals surface area (Å²) in [5, 5.41) is 11.4. The average Bonchev–Trinajstić information content (AvgIpc) is 2.75. The maximum atomic E-state index is 11.1. The van der Waals surface area contributed by atoms with Crippen molar-refractivity contribution in [1.82, 2.24) is 0 Å². The summed E-state index contributed by atoms with van der Waals surface area (Å²) >= 11 is 0. The summed E-state index contributed by atoms with van der Waals surface area (Å²) in [7, 11) is 0. The zero-order chi connectivity index (χ0) is 21.1. The van der Waals surface area contributed by atoms with E-state index in [1.54, 1.807) is 0 Å². The van der Waals surface area contributed by atoms with Crippen LogP contribution in [0.1, 0.15) is 44.6 Å². The fourth-order valence-electron chi connectivity index (χ4n) is 4.33. The van der Waals surface area contributed by atoms with Crippen LogP contribution in [-0.4, -0.2) is 17.2 Å². The first-order valence-corrected chi connectivity index (χ1v) is 10.8. The van der Waals surface area contributed by atoms with Crippen molar-refractivity contribution in [2.45, 2.75) is 51.6 Å². The Hall–Kier alpha value is -3.01. The van der Waals surface area contributed by atoms with Crippen molar-refractivity contribution in [2.24, 2.45) is 5.92 Å². The molecule has 3 N–H and O–H groups in total. The van der Waals surface area contributed by atoms with Gasteiger partial charge in [-0.25, -0.2) is 0 Å². The Bertz CT molecular complexity index is 1050. The molecule has 0 atom stereocenters. The normalized spacial score (nSPS) is 19.0. The number of fused-ring (bicyclic) bond motifs is 1. The van der Waals surface area contributed by atoms with Gasteiger partial charge in [-0.1, -0.05) is 43.3 Å². The van der Waals surface area contributed by atoms with Gasteiger partial charge >= 0.3 is 5.97 Å². The molecule has 0 heterocycles. The van der Waals surface area contributed by atoms with E-state index < -0.39 is 5.97 Å². The highest BCUT2D eigenvalue weighted by Crippen LogP contribution is 2.40. The summed E-state index contributed by atoms with van der Waals surface area (Å²) < 4.78 is 6.47. The van der Waals surface area contributed by atoms with Crippen LogP contribution in [0, 0.1) is 5.92 Å². The van der Waals surface area contributed by atoms with Gasteiger partial charge in [-0.2, -0.15) is 0 Å². The Morgan fingerprint density at radius 3 is 2.50 bits per heavy atom. The number of nitrogen functional groups attached to an aromatic ring is 1. The van der Waals surface area contributed by atoms with Crippen molar-refractivity contribution in [2.75, 3.05) is 5.73 Å². The first-order valence-electron chi connectivity index (χ1n) is 10.8. The van der Waals surface area contributed by atoms with Crippen molar-refractivity contribution < 1.29 is 14.6 Å². The van der Waals surface area contributed by atoms with E-state index in [1.165, 1.54) is 18.2 Å². The second kappa shape index (κ2) is 8.78. The first kappa shape index (κ1) is 20.3. The Morgan fingerprint density at radius 2 is 1.77 bits per heavy atom. The third kappa shape index (κ3) is 4.59. The maximum Gasteiger partial charge on any atom is 0.303 e. The molecule has 30 heavy (non-hydrogen) atoms. The van der Waals surface area contributed by atoms with Crippen LogP contribution in [0.5, 0.6) is 5.75 Å². The smallest absolute Gasteiger partial charge is 0.303 e. The number of ether oxygens (including phenoxy) is 1. The van der Waals surface area contributed by atoms with Gasteiger partial charge in [0.05, 0.1) is 11.8 Å². The number of nitrogens with two attached hydrogens (primary N) is 1.